The Morgan fingerprint density at radius 3 is 2.20 bits per heavy atom. The van der Waals surface area contributed by atoms with Crippen LogP contribution in [-0.2, 0) is 27.2 Å². The minimum atomic E-state index is -0.406. The van der Waals surface area contributed by atoms with Crippen LogP contribution in [0.15, 0.2) is 45.8 Å². The van der Waals surface area contributed by atoms with Gasteiger partial charge in [-0.2, -0.15) is 10.2 Å². The molecule has 0 radical (unpaired) electrons. The van der Waals surface area contributed by atoms with Crippen LogP contribution in [0.4, 0.5) is 0 Å². The lowest BCUT2D eigenvalue weighted by molar-refractivity contribution is 0.637. The van der Waals surface area contributed by atoms with Crippen molar-refractivity contribution in [1.29, 1.82) is 0 Å². The van der Waals surface area contributed by atoms with Crippen LogP contribution in [-0.4, -0.2) is 28.7 Å². The zero-order chi connectivity index (χ0) is 18.4. The van der Waals surface area contributed by atoms with Crippen molar-refractivity contribution in [3.63, 3.8) is 0 Å². The van der Waals surface area contributed by atoms with E-state index in [9.17, 15) is 9.59 Å². The minimum Gasteiger partial charge on any atom is -0.280 e. The fourth-order valence-electron chi connectivity index (χ4n) is 2.83. The molecule has 0 fully saturated rings. The number of aromatic nitrogens is 6. The van der Waals surface area contributed by atoms with Gasteiger partial charge in [-0.1, -0.05) is 0 Å². The van der Waals surface area contributed by atoms with Gasteiger partial charge in [0, 0.05) is 37.6 Å². The first-order valence-electron chi connectivity index (χ1n) is 8.11. The largest absolute Gasteiger partial charge is 0.332 e. The summed E-state index contributed by atoms with van der Waals surface area (Å²) in [5.41, 5.74) is 0.825. The maximum Gasteiger partial charge on any atom is 0.332 e. The van der Waals surface area contributed by atoms with Crippen LogP contribution in [0.5, 0.6) is 0 Å². The van der Waals surface area contributed by atoms with E-state index < -0.39 is 5.69 Å². The van der Waals surface area contributed by atoms with Gasteiger partial charge in [0.25, 0.3) is 5.56 Å². The Labute approximate surface area is 147 Å². The smallest absolute Gasteiger partial charge is 0.280 e. The van der Waals surface area contributed by atoms with Crippen molar-refractivity contribution < 1.29 is 1.37 Å². The summed E-state index contributed by atoms with van der Waals surface area (Å²) >= 11 is 1.12. The van der Waals surface area contributed by atoms with Gasteiger partial charge in [0.05, 0.1) is 32.2 Å². The summed E-state index contributed by atoms with van der Waals surface area (Å²) in [4.78, 5) is 26.4. The van der Waals surface area contributed by atoms with Gasteiger partial charge in [-0.15, -0.1) is 11.3 Å². The van der Waals surface area contributed by atoms with Gasteiger partial charge in [0.2, 0.25) is 0 Å². The number of fused-ring (bicyclic) bond motifs is 1. The van der Waals surface area contributed by atoms with Gasteiger partial charge in [0.15, 0.2) is 0 Å². The van der Waals surface area contributed by atoms with Crippen LogP contribution in [0.2, 0.25) is 0 Å². The van der Waals surface area contributed by atoms with Crippen molar-refractivity contribution in [2.24, 2.45) is 14.1 Å². The summed E-state index contributed by atoms with van der Waals surface area (Å²) in [5, 5.41) is 8.84. The van der Waals surface area contributed by atoms with Crippen LogP contribution >= 0.6 is 11.3 Å². The Hall–Kier alpha value is -2.94. The zero-order valence-electron chi connectivity index (χ0n) is 14.7. The molecule has 128 valence electrons. The molecule has 0 unspecified atom stereocenters. The van der Waals surface area contributed by atoms with E-state index in [0.29, 0.717) is 10.2 Å². The topological polar surface area (TPSA) is 79.6 Å². The van der Waals surface area contributed by atoms with Gasteiger partial charge in [0.1, 0.15) is 4.83 Å². The van der Waals surface area contributed by atoms with Crippen molar-refractivity contribution in [1.82, 2.24) is 28.7 Å². The molecule has 0 aromatic carbocycles. The predicted octanol–water partition coefficient (Wildman–Crippen LogP) is 0.788. The second kappa shape index (κ2) is 5.85. The molecule has 0 amide bonds. The maximum absolute atomic E-state index is 13.1. The van der Waals surface area contributed by atoms with Crippen LogP contribution < -0.4 is 11.2 Å². The third kappa shape index (κ3) is 2.72. The zero-order valence-corrected chi connectivity index (χ0v) is 14.5. The minimum absolute atomic E-state index is 0.137. The molecule has 0 aliphatic heterocycles. The summed E-state index contributed by atoms with van der Waals surface area (Å²) < 4.78 is 13.9. The van der Waals surface area contributed by atoms with Crippen LogP contribution in [0.25, 0.3) is 10.2 Å². The third-order valence-corrected chi connectivity index (χ3v) is 4.84. The SMILES string of the molecule is [2H]c1cc2c(=O)n(Cc3cnn(C)c3)c(=O)n(Cc3cnn(C)c3)c2s1. The molecule has 25 heavy (non-hydrogen) atoms. The van der Waals surface area contributed by atoms with E-state index in [-0.39, 0.29) is 24.0 Å². The van der Waals surface area contributed by atoms with Crippen molar-refractivity contribution in [2.75, 3.05) is 0 Å². The number of thiophene rings is 1. The Morgan fingerprint density at radius 2 is 1.64 bits per heavy atom. The second-order valence-corrected chi connectivity index (χ2v) is 6.71. The lowest BCUT2D eigenvalue weighted by Gasteiger charge is -2.10. The Bertz CT molecular complexity index is 1230. The number of rotatable bonds is 4. The molecule has 0 spiro atoms. The monoisotopic (exact) mass is 357 g/mol. The van der Waals surface area contributed by atoms with Gasteiger partial charge in [-0.3, -0.25) is 23.3 Å². The van der Waals surface area contributed by atoms with E-state index in [1.165, 1.54) is 15.2 Å². The second-order valence-electron chi connectivity index (χ2n) is 5.89. The molecule has 0 saturated carbocycles. The highest BCUT2D eigenvalue weighted by molar-refractivity contribution is 7.16. The van der Waals surface area contributed by atoms with Gasteiger partial charge in [-0.05, 0) is 11.4 Å². The fraction of sp³-hybridized carbons (Fsp3) is 0.250. The number of nitrogens with zero attached hydrogens (tertiary/aromatic N) is 6. The molecule has 4 heterocycles. The van der Waals surface area contributed by atoms with Gasteiger partial charge in [-0.25, -0.2) is 4.79 Å². The first-order chi connectivity index (χ1) is 12.4. The van der Waals surface area contributed by atoms with E-state index in [0.717, 1.165) is 22.5 Å². The van der Waals surface area contributed by atoms with Gasteiger partial charge < -0.3 is 0 Å². The molecule has 0 aliphatic carbocycles. The highest BCUT2D eigenvalue weighted by Gasteiger charge is 2.15. The Kier molecular flexibility index (Phi) is 3.37. The summed E-state index contributed by atoms with van der Waals surface area (Å²) in [6, 6.07) is 1.52. The van der Waals surface area contributed by atoms with E-state index in [4.69, 9.17) is 1.37 Å². The summed E-state index contributed by atoms with van der Waals surface area (Å²) in [6.07, 6.45) is 6.91. The van der Waals surface area contributed by atoms with E-state index in [1.807, 2.05) is 6.20 Å². The van der Waals surface area contributed by atoms with Gasteiger partial charge >= 0.3 is 5.69 Å². The molecular formula is C16H16N6O2S. The molecular weight excluding hydrogens is 340 g/mol. The lowest BCUT2D eigenvalue weighted by Crippen LogP contribution is -2.40. The summed E-state index contributed by atoms with van der Waals surface area (Å²) in [5.74, 6) is 0. The average Bonchev–Trinajstić information content (AvgIpc) is 3.29. The molecule has 0 N–H and O–H groups in total. The Morgan fingerprint density at radius 1 is 1.04 bits per heavy atom. The molecule has 4 rings (SSSR count). The average molecular weight is 357 g/mol. The van der Waals surface area contributed by atoms with Crippen molar-refractivity contribution in [3.05, 3.63) is 68.2 Å². The molecule has 0 bridgehead atoms. The van der Waals surface area contributed by atoms with Crippen molar-refractivity contribution in [3.8, 4) is 0 Å². The van der Waals surface area contributed by atoms with Crippen molar-refractivity contribution in [2.45, 2.75) is 13.1 Å². The molecule has 0 atom stereocenters. The summed E-state index contributed by atoms with van der Waals surface area (Å²) in [7, 11) is 3.58. The maximum atomic E-state index is 13.1. The number of hydrogen-bond donors (Lipinski definition) is 0. The highest BCUT2D eigenvalue weighted by Crippen LogP contribution is 2.17. The summed E-state index contributed by atoms with van der Waals surface area (Å²) in [6.45, 7) is 0.425. The molecule has 0 saturated heterocycles. The number of aryl methyl sites for hydroxylation is 2. The standard InChI is InChI=1S/C16H16N6O2S/c1-19-7-11(5-17-19)9-21-14(23)13-3-4-25-15(13)22(16(21)24)10-12-6-18-20(2)8-12/h3-8H,9-10H2,1-2H3/i4D. The van der Waals surface area contributed by atoms with E-state index >= 15 is 0 Å². The molecule has 4 aromatic heterocycles. The predicted molar refractivity (Wildman–Crippen MR) is 95.0 cm³/mol. The molecule has 0 aliphatic rings. The molecule has 4 aromatic rings. The van der Waals surface area contributed by atoms with E-state index in [2.05, 4.69) is 10.2 Å². The van der Waals surface area contributed by atoms with Crippen molar-refractivity contribution >= 4 is 21.6 Å². The first-order valence-corrected chi connectivity index (χ1v) is 8.43. The quantitative estimate of drug-likeness (QED) is 0.541. The third-order valence-electron chi connectivity index (χ3n) is 3.97. The lowest BCUT2D eigenvalue weighted by atomic mass is 10.3. The van der Waals surface area contributed by atoms with Crippen LogP contribution in [0.1, 0.15) is 12.5 Å². The highest BCUT2D eigenvalue weighted by atomic mass is 32.1. The fourth-order valence-corrected chi connectivity index (χ4v) is 3.63. The van der Waals surface area contributed by atoms with E-state index in [1.54, 1.807) is 42.0 Å². The number of hydrogen-bond acceptors (Lipinski definition) is 5. The normalized spacial score (nSPS) is 12.0. The molecule has 8 nitrogen and oxygen atoms in total. The molecule has 9 heteroatoms. The Balaban J connectivity index is 1.91. The van der Waals surface area contributed by atoms with Crippen LogP contribution in [0, 0.1) is 0 Å². The first kappa shape index (κ1) is 14.4. The van der Waals surface area contributed by atoms with Crippen LogP contribution in [0.3, 0.4) is 0 Å².